The van der Waals surface area contributed by atoms with Crippen molar-refractivity contribution in [3.05, 3.63) is 71.3 Å². The highest BCUT2D eigenvalue weighted by Gasteiger charge is 2.26. The van der Waals surface area contributed by atoms with Gasteiger partial charge in [-0.2, -0.15) is 0 Å². The summed E-state index contributed by atoms with van der Waals surface area (Å²) in [5.41, 5.74) is 4.42. The first-order valence-corrected chi connectivity index (χ1v) is 6.59. The zero-order valence-electron chi connectivity index (χ0n) is 10.8. The van der Waals surface area contributed by atoms with Crippen LogP contribution in [-0.4, -0.2) is 10.9 Å². The SMILES string of the molecule is O=C1c2ccccc2-c2cc3ccc(CO)cc3cc21. The third-order valence-corrected chi connectivity index (χ3v) is 3.93. The largest absolute Gasteiger partial charge is 0.392 e. The predicted octanol–water partition coefficient (Wildman–Crippen LogP) is 3.54. The molecule has 0 unspecified atom stereocenters. The van der Waals surface area contributed by atoms with Gasteiger partial charge in [-0.05, 0) is 45.7 Å². The Hall–Kier alpha value is -2.45. The highest BCUT2D eigenvalue weighted by Crippen LogP contribution is 2.38. The Morgan fingerprint density at radius 2 is 1.50 bits per heavy atom. The molecule has 0 aromatic heterocycles. The van der Waals surface area contributed by atoms with Gasteiger partial charge in [-0.15, -0.1) is 0 Å². The van der Waals surface area contributed by atoms with E-state index in [2.05, 4.69) is 6.07 Å². The molecule has 0 radical (unpaired) electrons. The van der Waals surface area contributed by atoms with Crippen molar-refractivity contribution in [2.24, 2.45) is 0 Å². The first-order chi connectivity index (χ1) is 9.78. The van der Waals surface area contributed by atoms with Crippen LogP contribution in [0.4, 0.5) is 0 Å². The van der Waals surface area contributed by atoms with Crippen LogP contribution in [-0.2, 0) is 6.61 Å². The molecule has 0 amide bonds. The lowest BCUT2D eigenvalue weighted by Crippen LogP contribution is -1.94. The monoisotopic (exact) mass is 260 g/mol. The van der Waals surface area contributed by atoms with Gasteiger partial charge in [-0.1, -0.05) is 36.4 Å². The summed E-state index contributed by atoms with van der Waals surface area (Å²) in [4.78, 5) is 12.4. The fraction of sp³-hybridized carbons (Fsp3) is 0.0556. The Labute approximate surface area is 116 Å². The lowest BCUT2D eigenvalue weighted by molar-refractivity contribution is 0.104. The van der Waals surface area contributed by atoms with Crippen LogP contribution in [0.15, 0.2) is 54.6 Å². The molecule has 1 N–H and O–H groups in total. The molecule has 0 saturated heterocycles. The van der Waals surface area contributed by atoms with Crippen molar-refractivity contribution in [1.82, 2.24) is 0 Å². The summed E-state index contributed by atoms with van der Waals surface area (Å²) in [5.74, 6) is 0.0897. The average molecular weight is 260 g/mol. The van der Waals surface area contributed by atoms with E-state index in [9.17, 15) is 9.90 Å². The summed E-state index contributed by atoms with van der Waals surface area (Å²) in [7, 11) is 0. The molecule has 1 aliphatic carbocycles. The Kier molecular flexibility index (Phi) is 2.29. The second kappa shape index (κ2) is 4.02. The molecule has 0 heterocycles. The van der Waals surface area contributed by atoms with E-state index in [0.29, 0.717) is 0 Å². The third-order valence-electron chi connectivity index (χ3n) is 3.93. The number of benzene rings is 3. The second-order valence-corrected chi connectivity index (χ2v) is 5.11. The lowest BCUT2D eigenvalue weighted by Gasteiger charge is -2.05. The van der Waals surface area contributed by atoms with Gasteiger partial charge in [0.2, 0.25) is 0 Å². The van der Waals surface area contributed by atoms with Gasteiger partial charge in [0.1, 0.15) is 0 Å². The number of carbonyl (C=O) groups is 1. The van der Waals surface area contributed by atoms with E-state index >= 15 is 0 Å². The van der Waals surface area contributed by atoms with Gasteiger partial charge >= 0.3 is 0 Å². The van der Waals surface area contributed by atoms with E-state index in [1.54, 1.807) is 0 Å². The van der Waals surface area contributed by atoms with Gasteiger partial charge in [0, 0.05) is 11.1 Å². The molecule has 3 aromatic carbocycles. The maximum atomic E-state index is 12.4. The number of carbonyl (C=O) groups excluding carboxylic acids is 1. The molecule has 0 atom stereocenters. The molecule has 2 heteroatoms. The molecule has 0 spiro atoms. The normalized spacial score (nSPS) is 12.6. The summed E-state index contributed by atoms with van der Waals surface area (Å²) >= 11 is 0. The van der Waals surface area contributed by atoms with Crippen LogP contribution in [0, 0.1) is 0 Å². The number of ketones is 1. The minimum absolute atomic E-state index is 0.0151. The summed E-state index contributed by atoms with van der Waals surface area (Å²) in [5, 5.41) is 11.3. The smallest absolute Gasteiger partial charge is 0.194 e. The number of aliphatic hydroxyl groups is 1. The van der Waals surface area contributed by atoms with Crippen LogP contribution in [0.1, 0.15) is 21.5 Å². The van der Waals surface area contributed by atoms with Crippen LogP contribution in [0.3, 0.4) is 0 Å². The summed E-state index contributed by atoms with van der Waals surface area (Å²) in [6, 6.07) is 17.6. The topological polar surface area (TPSA) is 37.3 Å². The van der Waals surface area contributed by atoms with Crippen LogP contribution < -0.4 is 0 Å². The predicted molar refractivity (Wildman–Crippen MR) is 78.7 cm³/mol. The molecule has 0 saturated carbocycles. The molecule has 0 aliphatic heterocycles. The van der Waals surface area contributed by atoms with Gasteiger partial charge in [0.25, 0.3) is 0 Å². The number of fused-ring (bicyclic) bond motifs is 4. The van der Waals surface area contributed by atoms with Crippen LogP contribution in [0.5, 0.6) is 0 Å². The standard InChI is InChI=1S/C18H12O2/c19-10-11-5-6-12-8-16-14-3-1-2-4-15(14)18(20)17(16)9-13(12)7-11/h1-9,19H,10H2. The van der Waals surface area contributed by atoms with Crippen LogP contribution in [0.25, 0.3) is 21.9 Å². The van der Waals surface area contributed by atoms with E-state index in [0.717, 1.165) is 38.6 Å². The fourth-order valence-corrected chi connectivity index (χ4v) is 2.92. The van der Waals surface area contributed by atoms with Gasteiger partial charge in [0.15, 0.2) is 5.78 Å². The molecule has 3 aromatic rings. The van der Waals surface area contributed by atoms with Gasteiger partial charge < -0.3 is 5.11 Å². The summed E-state index contributed by atoms with van der Waals surface area (Å²) in [6.45, 7) is 0.0151. The van der Waals surface area contributed by atoms with Crippen LogP contribution >= 0.6 is 0 Å². The molecular weight excluding hydrogens is 248 g/mol. The summed E-state index contributed by atoms with van der Waals surface area (Å²) < 4.78 is 0. The molecule has 2 nitrogen and oxygen atoms in total. The Balaban J connectivity index is 2.04. The lowest BCUT2D eigenvalue weighted by atomic mass is 9.99. The van der Waals surface area contributed by atoms with Crippen molar-refractivity contribution in [2.75, 3.05) is 0 Å². The maximum absolute atomic E-state index is 12.4. The minimum atomic E-state index is 0.0151. The molecule has 96 valence electrons. The number of hydrogen-bond donors (Lipinski definition) is 1. The van der Waals surface area contributed by atoms with E-state index < -0.39 is 0 Å². The zero-order valence-corrected chi connectivity index (χ0v) is 10.8. The highest BCUT2D eigenvalue weighted by molar-refractivity contribution is 6.23. The van der Waals surface area contributed by atoms with Crippen molar-refractivity contribution >= 4 is 16.6 Å². The maximum Gasteiger partial charge on any atom is 0.194 e. The molecule has 0 bridgehead atoms. The molecule has 0 fully saturated rings. The number of aliphatic hydroxyl groups excluding tert-OH is 1. The average Bonchev–Trinajstić information content (AvgIpc) is 2.78. The highest BCUT2D eigenvalue weighted by atomic mass is 16.3. The van der Waals surface area contributed by atoms with E-state index in [1.807, 2.05) is 48.5 Å². The molecule has 1 aliphatic rings. The van der Waals surface area contributed by atoms with E-state index in [1.165, 1.54) is 0 Å². The van der Waals surface area contributed by atoms with Crippen LogP contribution in [0.2, 0.25) is 0 Å². The number of hydrogen-bond acceptors (Lipinski definition) is 2. The van der Waals surface area contributed by atoms with Crippen molar-refractivity contribution in [1.29, 1.82) is 0 Å². The van der Waals surface area contributed by atoms with Gasteiger partial charge in [0.05, 0.1) is 6.61 Å². The quantitative estimate of drug-likeness (QED) is 0.568. The minimum Gasteiger partial charge on any atom is -0.392 e. The number of rotatable bonds is 1. The van der Waals surface area contributed by atoms with E-state index in [4.69, 9.17) is 0 Å². The van der Waals surface area contributed by atoms with Crippen molar-refractivity contribution in [3.8, 4) is 11.1 Å². The molecular formula is C18H12O2. The Morgan fingerprint density at radius 1 is 0.750 bits per heavy atom. The first kappa shape index (κ1) is 11.4. The molecule has 4 rings (SSSR count). The van der Waals surface area contributed by atoms with Crippen molar-refractivity contribution in [2.45, 2.75) is 6.61 Å². The Bertz CT molecular complexity index is 862. The Morgan fingerprint density at radius 3 is 2.30 bits per heavy atom. The van der Waals surface area contributed by atoms with E-state index in [-0.39, 0.29) is 12.4 Å². The third kappa shape index (κ3) is 1.46. The van der Waals surface area contributed by atoms with Gasteiger partial charge in [-0.3, -0.25) is 4.79 Å². The van der Waals surface area contributed by atoms with Gasteiger partial charge in [-0.25, -0.2) is 0 Å². The van der Waals surface area contributed by atoms with Crippen molar-refractivity contribution in [3.63, 3.8) is 0 Å². The zero-order chi connectivity index (χ0) is 13.7. The molecule has 20 heavy (non-hydrogen) atoms. The van der Waals surface area contributed by atoms with Crippen molar-refractivity contribution < 1.29 is 9.90 Å². The summed E-state index contributed by atoms with van der Waals surface area (Å²) in [6.07, 6.45) is 0. The first-order valence-electron chi connectivity index (χ1n) is 6.59. The fourth-order valence-electron chi connectivity index (χ4n) is 2.92. The second-order valence-electron chi connectivity index (χ2n) is 5.11.